The van der Waals surface area contributed by atoms with E-state index in [1.165, 1.54) is 11.8 Å². The quantitative estimate of drug-likeness (QED) is 0.669. The zero-order valence-electron chi connectivity index (χ0n) is 10.4. The van der Waals surface area contributed by atoms with Crippen molar-refractivity contribution in [3.05, 3.63) is 29.3 Å². The van der Waals surface area contributed by atoms with E-state index in [9.17, 15) is 0 Å². The predicted octanol–water partition coefficient (Wildman–Crippen LogP) is 3.35. The van der Waals surface area contributed by atoms with Crippen LogP contribution in [-0.4, -0.2) is 20.4 Å². The molecule has 0 bridgehead atoms. The minimum absolute atomic E-state index is 0.482. The Kier molecular flexibility index (Phi) is 3.04. The van der Waals surface area contributed by atoms with Crippen LogP contribution >= 0.6 is 23.1 Å². The molecule has 1 aliphatic rings. The molecule has 0 unspecified atom stereocenters. The summed E-state index contributed by atoms with van der Waals surface area (Å²) in [6.07, 6.45) is 2.31. The molecule has 0 spiro atoms. The van der Waals surface area contributed by atoms with Gasteiger partial charge in [-0.05, 0) is 24.3 Å². The van der Waals surface area contributed by atoms with Gasteiger partial charge >= 0.3 is 0 Å². The fourth-order valence-electron chi connectivity index (χ4n) is 1.71. The molecule has 0 atom stereocenters. The normalized spacial score (nSPS) is 14.8. The maximum absolute atomic E-state index is 5.58. The molecule has 3 heterocycles. The van der Waals surface area contributed by atoms with Crippen molar-refractivity contribution in [1.29, 1.82) is 0 Å². The molecule has 3 aromatic heterocycles. The number of hydrogen-bond acceptors (Lipinski definition) is 8. The maximum atomic E-state index is 5.58. The molecular weight excluding hydrogens is 296 g/mol. The maximum Gasteiger partial charge on any atom is 0.277 e. The Labute approximate surface area is 122 Å². The van der Waals surface area contributed by atoms with Crippen LogP contribution in [0.1, 0.15) is 30.5 Å². The highest BCUT2D eigenvalue weighted by atomic mass is 32.2. The summed E-state index contributed by atoms with van der Waals surface area (Å²) in [6, 6.07) is 3.90. The van der Waals surface area contributed by atoms with Crippen LogP contribution in [0.4, 0.5) is 0 Å². The fraction of sp³-hybridized carbons (Fsp3) is 0.333. The average molecular weight is 306 g/mol. The van der Waals surface area contributed by atoms with E-state index >= 15 is 0 Å². The van der Waals surface area contributed by atoms with E-state index in [0.717, 1.165) is 23.6 Å². The molecular formula is C12H10N4O2S2. The minimum atomic E-state index is 0.482. The molecule has 0 radical (unpaired) electrons. The highest BCUT2D eigenvalue weighted by molar-refractivity contribution is 7.98. The average Bonchev–Trinajstić information content (AvgIpc) is 2.93. The van der Waals surface area contributed by atoms with Crippen molar-refractivity contribution in [2.24, 2.45) is 0 Å². The number of thiophene rings is 1. The van der Waals surface area contributed by atoms with Gasteiger partial charge in [0, 0.05) is 5.92 Å². The number of nitrogens with zero attached hydrogens (tertiary/aromatic N) is 4. The van der Waals surface area contributed by atoms with Gasteiger partial charge in [-0.15, -0.1) is 31.7 Å². The molecule has 102 valence electrons. The van der Waals surface area contributed by atoms with Crippen molar-refractivity contribution in [2.75, 3.05) is 0 Å². The summed E-state index contributed by atoms with van der Waals surface area (Å²) in [5.41, 5.74) is 0. The third-order valence-corrected chi connectivity index (χ3v) is 4.53. The molecule has 0 amide bonds. The van der Waals surface area contributed by atoms with E-state index in [0.29, 0.717) is 28.7 Å². The van der Waals surface area contributed by atoms with Crippen molar-refractivity contribution in [3.8, 4) is 10.8 Å². The topological polar surface area (TPSA) is 77.8 Å². The molecule has 0 saturated heterocycles. The van der Waals surface area contributed by atoms with Gasteiger partial charge in [0.1, 0.15) is 0 Å². The second-order valence-corrected chi connectivity index (χ2v) is 6.32. The lowest BCUT2D eigenvalue weighted by molar-refractivity contribution is 0.457. The Balaban J connectivity index is 1.41. The van der Waals surface area contributed by atoms with E-state index in [1.807, 2.05) is 17.5 Å². The minimum Gasteiger partial charge on any atom is -0.424 e. The molecule has 0 aliphatic heterocycles. The first-order chi connectivity index (χ1) is 9.88. The molecule has 1 fully saturated rings. The van der Waals surface area contributed by atoms with Crippen LogP contribution < -0.4 is 0 Å². The second-order valence-electron chi connectivity index (χ2n) is 4.45. The van der Waals surface area contributed by atoms with Crippen LogP contribution in [0.3, 0.4) is 0 Å². The summed E-state index contributed by atoms with van der Waals surface area (Å²) < 4.78 is 11.2. The molecule has 6 nitrogen and oxygen atoms in total. The summed E-state index contributed by atoms with van der Waals surface area (Å²) in [6.45, 7) is 0. The van der Waals surface area contributed by atoms with Gasteiger partial charge < -0.3 is 8.83 Å². The first kappa shape index (κ1) is 12.1. The second kappa shape index (κ2) is 5.02. The molecule has 1 saturated carbocycles. The first-order valence-electron chi connectivity index (χ1n) is 6.21. The Hall–Kier alpha value is -1.67. The summed E-state index contributed by atoms with van der Waals surface area (Å²) in [5.74, 6) is 2.94. The number of hydrogen-bond donors (Lipinski definition) is 0. The van der Waals surface area contributed by atoms with Crippen molar-refractivity contribution in [2.45, 2.75) is 29.7 Å². The van der Waals surface area contributed by atoms with Crippen LogP contribution in [0.2, 0.25) is 0 Å². The van der Waals surface area contributed by atoms with Crippen LogP contribution in [0.25, 0.3) is 10.8 Å². The fourth-order valence-corrected chi connectivity index (χ4v) is 2.96. The van der Waals surface area contributed by atoms with Crippen LogP contribution in [0.15, 0.2) is 31.6 Å². The van der Waals surface area contributed by atoms with Gasteiger partial charge in [0.25, 0.3) is 11.1 Å². The van der Waals surface area contributed by atoms with Crippen molar-refractivity contribution in [1.82, 2.24) is 20.4 Å². The lowest BCUT2D eigenvalue weighted by atomic mass is 10.4. The Bertz CT molecular complexity index is 703. The summed E-state index contributed by atoms with van der Waals surface area (Å²) in [4.78, 5) is 0.971. The van der Waals surface area contributed by atoms with Gasteiger partial charge in [-0.25, -0.2) is 0 Å². The van der Waals surface area contributed by atoms with E-state index in [2.05, 4.69) is 20.4 Å². The summed E-state index contributed by atoms with van der Waals surface area (Å²) in [7, 11) is 0. The molecule has 0 N–H and O–H groups in total. The highest BCUT2D eigenvalue weighted by Crippen LogP contribution is 2.39. The molecule has 0 aromatic carbocycles. The van der Waals surface area contributed by atoms with E-state index in [-0.39, 0.29) is 0 Å². The lowest BCUT2D eigenvalue weighted by Gasteiger charge is -1.90. The van der Waals surface area contributed by atoms with Gasteiger partial charge in [0.05, 0.1) is 10.6 Å². The molecule has 4 rings (SSSR count). The predicted molar refractivity (Wildman–Crippen MR) is 73.4 cm³/mol. The third kappa shape index (κ3) is 2.48. The van der Waals surface area contributed by atoms with Gasteiger partial charge in [-0.3, -0.25) is 0 Å². The van der Waals surface area contributed by atoms with Gasteiger partial charge in [0.15, 0.2) is 0 Å². The summed E-state index contributed by atoms with van der Waals surface area (Å²) in [5, 5.41) is 18.6. The van der Waals surface area contributed by atoms with Crippen LogP contribution in [-0.2, 0) is 5.75 Å². The van der Waals surface area contributed by atoms with Crippen molar-refractivity contribution >= 4 is 23.1 Å². The van der Waals surface area contributed by atoms with Crippen LogP contribution in [0, 0.1) is 0 Å². The van der Waals surface area contributed by atoms with E-state index in [4.69, 9.17) is 8.83 Å². The van der Waals surface area contributed by atoms with E-state index < -0.39 is 0 Å². The third-order valence-electron chi connectivity index (χ3n) is 2.87. The Morgan fingerprint density at radius 3 is 2.95 bits per heavy atom. The number of thioether (sulfide) groups is 1. The van der Waals surface area contributed by atoms with Gasteiger partial charge in [0.2, 0.25) is 11.8 Å². The monoisotopic (exact) mass is 306 g/mol. The molecule has 8 heteroatoms. The Morgan fingerprint density at radius 2 is 2.15 bits per heavy atom. The smallest absolute Gasteiger partial charge is 0.277 e. The first-order valence-corrected chi connectivity index (χ1v) is 8.07. The SMILES string of the molecule is c1csc(-c2nnc(SCc3nnc(C4CC4)o3)o2)c1. The molecule has 1 aliphatic carbocycles. The zero-order chi connectivity index (χ0) is 13.4. The number of aromatic nitrogens is 4. The molecule has 20 heavy (non-hydrogen) atoms. The Morgan fingerprint density at radius 1 is 1.20 bits per heavy atom. The zero-order valence-corrected chi connectivity index (χ0v) is 12.0. The lowest BCUT2D eigenvalue weighted by Crippen LogP contribution is -1.80. The van der Waals surface area contributed by atoms with E-state index in [1.54, 1.807) is 11.3 Å². The molecule has 3 aromatic rings. The van der Waals surface area contributed by atoms with Crippen molar-refractivity contribution in [3.63, 3.8) is 0 Å². The largest absolute Gasteiger partial charge is 0.424 e. The standard InChI is InChI=1S/C12H10N4O2S2/c1-2-8(19-5-1)11-15-16-12(18-11)20-6-9-13-14-10(17-9)7-3-4-7/h1-2,5,7H,3-4,6H2. The van der Waals surface area contributed by atoms with Crippen LogP contribution in [0.5, 0.6) is 0 Å². The number of rotatable bonds is 5. The summed E-state index contributed by atoms with van der Waals surface area (Å²) >= 11 is 2.98. The van der Waals surface area contributed by atoms with Gasteiger partial charge in [-0.1, -0.05) is 17.8 Å². The van der Waals surface area contributed by atoms with Crippen molar-refractivity contribution < 1.29 is 8.83 Å². The van der Waals surface area contributed by atoms with Gasteiger partial charge in [-0.2, -0.15) is 0 Å². The highest BCUT2D eigenvalue weighted by Gasteiger charge is 2.29.